The van der Waals surface area contributed by atoms with E-state index in [2.05, 4.69) is 15.6 Å². The molecule has 2 aliphatic rings. The first kappa shape index (κ1) is 17.0. The monoisotopic (exact) mass is 383 g/mol. The van der Waals surface area contributed by atoms with E-state index in [0.29, 0.717) is 12.0 Å². The summed E-state index contributed by atoms with van der Waals surface area (Å²) >= 11 is 0. The highest BCUT2D eigenvalue weighted by Crippen LogP contribution is 2.12. The Labute approximate surface area is 132 Å². The van der Waals surface area contributed by atoms with Crippen LogP contribution in [-0.2, 0) is 9.47 Å². The average molecular weight is 383 g/mol. The quantitative estimate of drug-likeness (QED) is 0.438. The first-order valence-electron chi connectivity index (χ1n) is 7.02. The summed E-state index contributed by atoms with van der Waals surface area (Å²) in [6.45, 7) is 4.45. The zero-order chi connectivity index (χ0) is 12.6. The number of hydrogen-bond acceptors (Lipinski definition) is 3. The molecule has 6 heteroatoms. The molecule has 19 heavy (non-hydrogen) atoms. The summed E-state index contributed by atoms with van der Waals surface area (Å²) < 4.78 is 11.0. The van der Waals surface area contributed by atoms with Gasteiger partial charge in [0.1, 0.15) is 0 Å². The van der Waals surface area contributed by atoms with Crippen LogP contribution in [-0.4, -0.2) is 52.0 Å². The molecule has 2 N–H and O–H groups in total. The lowest BCUT2D eigenvalue weighted by atomic mass is 10.1. The molecule has 2 unspecified atom stereocenters. The fourth-order valence-electron chi connectivity index (χ4n) is 2.38. The molecule has 0 radical (unpaired) electrons. The number of nitrogens with one attached hydrogen (secondary N) is 2. The SMILES string of the molecule is CN=C(NCC1CCOC1)NCC1CCCCO1.I. The van der Waals surface area contributed by atoms with Crippen LogP contribution in [0.3, 0.4) is 0 Å². The Morgan fingerprint density at radius 1 is 1.16 bits per heavy atom. The van der Waals surface area contributed by atoms with Crippen molar-refractivity contribution in [1.82, 2.24) is 10.6 Å². The van der Waals surface area contributed by atoms with Gasteiger partial charge in [-0.2, -0.15) is 0 Å². The molecule has 2 saturated heterocycles. The van der Waals surface area contributed by atoms with E-state index in [4.69, 9.17) is 9.47 Å². The number of guanidine groups is 1. The molecule has 0 aromatic rings. The van der Waals surface area contributed by atoms with Gasteiger partial charge in [-0.1, -0.05) is 0 Å². The van der Waals surface area contributed by atoms with Gasteiger partial charge in [-0.25, -0.2) is 0 Å². The van der Waals surface area contributed by atoms with Gasteiger partial charge in [-0.15, -0.1) is 24.0 Å². The predicted molar refractivity (Wildman–Crippen MR) is 87.3 cm³/mol. The van der Waals surface area contributed by atoms with Crippen LogP contribution >= 0.6 is 24.0 Å². The zero-order valence-electron chi connectivity index (χ0n) is 11.7. The predicted octanol–water partition coefficient (Wildman–Crippen LogP) is 1.37. The van der Waals surface area contributed by atoms with Crippen LogP contribution in [0.25, 0.3) is 0 Å². The molecule has 2 aliphatic heterocycles. The van der Waals surface area contributed by atoms with Crippen LogP contribution in [0.4, 0.5) is 0 Å². The van der Waals surface area contributed by atoms with Gasteiger partial charge in [-0.05, 0) is 25.7 Å². The third-order valence-electron chi connectivity index (χ3n) is 3.58. The molecule has 0 amide bonds. The van der Waals surface area contributed by atoms with Gasteiger partial charge < -0.3 is 20.1 Å². The largest absolute Gasteiger partial charge is 0.381 e. The number of nitrogens with zero attached hydrogens (tertiary/aromatic N) is 1. The van der Waals surface area contributed by atoms with Crippen molar-refractivity contribution >= 4 is 29.9 Å². The van der Waals surface area contributed by atoms with Gasteiger partial charge in [0, 0.05) is 39.3 Å². The first-order chi connectivity index (χ1) is 8.88. The van der Waals surface area contributed by atoms with E-state index in [1.165, 1.54) is 12.8 Å². The molecular weight excluding hydrogens is 357 g/mol. The molecule has 112 valence electrons. The lowest BCUT2D eigenvalue weighted by Gasteiger charge is -2.24. The van der Waals surface area contributed by atoms with Crippen LogP contribution < -0.4 is 10.6 Å². The average Bonchev–Trinajstić information content (AvgIpc) is 2.93. The van der Waals surface area contributed by atoms with E-state index < -0.39 is 0 Å². The van der Waals surface area contributed by atoms with E-state index >= 15 is 0 Å². The Balaban J connectivity index is 0.00000180. The second-order valence-electron chi connectivity index (χ2n) is 5.05. The highest BCUT2D eigenvalue weighted by atomic mass is 127. The molecule has 5 nitrogen and oxygen atoms in total. The van der Waals surface area contributed by atoms with Crippen LogP contribution in [0.1, 0.15) is 25.7 Å². The summed E-state index contributed by atoms with van der Waals surface area (Å²) in [6, 6.07) is 0. The van der Waals surface area contributed by atoms with Crippen molar-refractivity contribution in [1.29, 1.82) is 0 Å². The Kier molecular flexibility index (Phi) is 8.72. The first-order valence-corrected chi connectivity index (χ1v) is 7.02. The van der Waals surface area contributed by atoms with Crippen molar-refractivity contribution in [3.8, 4) is 0 Å². The summed E-state index contributed by atoms with van der Waals surface area (Å²) in [7, 11) is 1.81. The van der Waals surface area contributed by atoms with Crippen molar-refractivity contribution in [2.45, 2.75) is 31.8 Å². The molecular formula is C13H26IN3O2. The fourth-order valence-corrected chi connectivity index (χ4v) is 2.38. The van der Waals surface area contributed by atoms with E-state index in [9.17, 15) is 0 Å². The van der Waals surface area contributed by atoms with E-state index in [1.54, 1.807) is 0 Å². The van der Waals surface area contributed by atoms with E-state index in [0.717, 1.165) is 51.7 Å². The Bertz CT molecular complexity index is 265. The zero-order valence-corrected chi connectivity index (χ0v) is 14.0. The van der Waals surface area contributed by atoms with Crippen molar-refractivity contribution in [2.24, 2.45) is 10.9 Å². The topological polar surface area (TPSA) is 54.9 Å². The number of hydrogen-bond donors (Lipinski definition) is 2. The highest BCUT2D eigenvalue weighted by molar-refractivity contribution is 14.0. The molecule has 0 aliphatic carbocycles. The Morgan fingerprint density at radius 2 is 2.00 bits per heavy atom. The second kappa shape index (κ2) is 9.77. The summed E-state index contributed by atoms with van der Waals surface area (Å²) in [5.41, 5.74) is 0. The van der Waals surface area contributed by atoms with E-state index in [-0.39, 0.29) is 24.0 Å². The molecule has 0 aromatic heterocycles. The van der Waals surface area contributed by atoms with Crippen molar-refractivity contribution in [3.63, 3.8) is 0 Å². The Morgan fingerprint density at radius 3 is 2.63 bits per heavy atom. The maximum Gasteiger partial charge on any atom is 0.191 e. The standard InChI is InChI=1S/C13H25N3O2.HI/c1-14-13(15-8-11-5-7-17-10-11)16-9-12-4-2-3-6-18-12;/h11-12H,2-10H2,1H3,(H2,14,15,16);1H. The number of aliphatic imine (C=N–C) groups is 1. The molecule has 0 saturated carbocycles. The lowest BCUT2D eigenvalue weighted by molar-refractivity contribution is 0.0194. The van der Waals surface area contributed by atoms with Crippen LogP contribution in [0.5, 0.6) is 0 Å². The summed E-state index contributed by atoms with van der Waals surface area (Å²) in [6.07, 6.45) is 5.12. The van der Waals surface area contributed by atoms with Gasteiger partial charge in [-0.3, -0.25) is 4.99 Å². The minimum Gasteiger partial charge on any atom is -0.381 e. The third kappa shape index (κ3) is 6.27. The molecule has 2 atom stereocenters. The van der Waals surface area contributed by atoms with Crippen LogP contribution in [0.2, 0.25) is 0 Å². The molecule has 2 fully saturated rings. The van der Waals surface area contributed by atoms with Crippen molar-refractivity contribution in [3.05, 3.63) is 0 Å². The van der Waals surface area contributed by atoms with Crippen molar-refractivity contribution < 1.29 is 9.47 Å². The highest BCUT2D eigenvalue weighted by Gasteiger charge is 2.17. The normalized spacial score (nSPS) is 27.7. The maximum absolute atomic E-state index is 5.69. The molecule has 0 spiro atoms. The molecule has 2 heterocycles. The van der Waals surface area contributed by atoms with Crippen LogP contribution in [0, 0.1) is 5.92 Å². The number of halogens is 1. The minimum absolute atomic E-state index is 0. The van der Waals surface area contributed by atoms with Gasteiger partial charge in [0.25, 0.3) is 0 Å². The molecule has 0 aromatic carbocycles. The minimum atomic E-state index is 0. The fraction of sp³-hybridized carbons (Fsp3) is 0.923. The van der Waals surface area contributed by atoms with Crippen molar-refractivity contribution in [2.75, 3.05) is 40.0 Å². The number of ether oxygens (including phenoxy) is 2. The van der Waals surface area contributed by atoms with E-state index in [1.807, 2.05) is 7.05 Å². The van der Waals surface area contributed by atoms with Gasteiger partial charge in [0.05, 0.1) is 12.7 Å². The van der Waals surface area contributed by atoms with Gasteiger partial charge >= 0.3 is 0 Å². The van der Waals surface area contributed by atoms with Crippen LogP contribution in [0.15, 0.2) is 4.99 Å². The molecule has 0 bridgehead atoms. The third-order valence-corrected chi connectivity index (χ3v) is 3.58. The Hall–Kier alpha value is -0.0800. The smallest absolute Gasteiger partial charge is 0.191 e. The maximum atomic E-state index is 5.69. The summed E-state index contributed by atoms with van der Waals surface area (Å²) in [4.78, 5) is 4.23. The summed E-state index contributed by atoms with van der Waals surface area (Å²) in [5.74, 6) is 1.49. The second-order valence-corrected chi connectivity index (χ2v) is 5.05. The number of rotatable bonds is 4. The lowest BCUT2D eigenvalue weighted by Crippen LogP contribution is -2.44. The molecule has 2 rings (SSSR count). The van der Waals surface area contributed by atoms with Gasteiger partial charge in [0.15, 0.2) is 5.96 Å². The van der Waals surface area contributed by atoms with Gasteiger partial charge in [0.2, 0.25) is 0 Å². The summed E-state index contributed by atoms with van der Waals surface area (Å²) in [5, 5.41) is 6.69.